The molecule has 0 aliphatic rings. The van der Waals surface area contributed by atoms with E-state index in [-0.39, 0.29) is 5.41 Å². The predicted molar refractivity (Wildman–Crippen MR) is 61.7 cm³/mol. The average Bonchev–Trinajstić information content (AvgIpc) is 2.18. The van der Waals surface area contributed by atoms with Crippen LogP contribution in [0.15, 0.2) is 24.3 Å². The van der Waals surface area contributed by atoms with Crippen LogP contribution in [0.3, 0.4) is 0 Å². The smallest absolute Gasteiger partial charge is 0.263 e. The molecule has 0 bridgehead atoms. The van der Waals surface area contributed by atoms with E-state index >= 15 is 0 Å². The fourth-order valence-electron chi connectivity index (χ4n) is 1.19. The number of hydrogen-bond donors (Lipinski definition) is 0. The summed E-state index contributed by atoms with van der Waals surface area (Å²) < 4.78 is 10.3. The highest BCUT2D eigenvalue weighted by Crippen LogP contribution is 2.24. The van der Waals surface area contributed by atoms with E-state index in [1.165, 1.54) is 12.4 Å². The minimum atomic E-state index is 0.183. The zero-order valence-corrected chi connectivity index (χ0v) is 9.91. The third-order valence-electron chi connectivity index (χ3n) is 2.14. The van der Waals surface area contributed by atoms with Gasteiger partial charge in [0.15, 0.2) is 0 Å². The van der Waals surface area contributed by atoms with Crippen LogP contribution in [0.1, 0.15) is 33.3 Å². The summed E-state index contributed by atoms with van der Waals surface area (Å²) in [4.78, 5) is 0. The summed E-state index contributed by atoms with van der Waals surface area (Å²) in [6.07, 6.45) is 0. The molecule has 0 heterocycles. The lowest BCUT2D eigenvalue weighted by atomic mass is 9.87. The first-order valence-corrected chi connectivity index (χ1v) is 5.24. The third-order valence-corrected chi connectivity index (χ3v) is 2.14. The van der Waals surface area contributed by atoms with Gasteiger partial charge in [-0.2, -0.15) is 0 Å². The first-order chi connectivity index (χ1) is 7.04. The van der Waals surface area contributed by atoms with Crippen LogP contribution in [0.5, 0.6) is 5.75 Å². The largest absolute Gasteiger partial charge is 0.458 e. The maximum Gasteiger partial charge on any atom is 0.263 e. The Hall–Kier alpha value is -1.02. The maximum absolute atomic E-state index is 5.27. The van der Waals surface area contributed by atoms with Gasteiger partial charge in [0, 0.05) is 6.61 Å². The van der Waals surface area contributed by atoms with Crippen molar-refractivity contribution in [3.63, 3.8) is 0 Å². The van der Waals surface area contributed by atoms with E-state index < -0.39 is 0 Å². The fourth-order valence-corrected chi connectivity index (χ4v) is 1.19. The maximum atomic E-state index is 5.27. The molecule has 0 amide bonds. The lowest BCUT2D eigenvalue weighted by Crippen LogP contribution is -2.10. The quantitative estimate of drug-likeness (QED) is 0.703. The van der Waals surface area contributed by atoms with Crippen molar-refractivity contribution in [2.24, 2.45) is 0 Å². The van der Waals surface area contributed by atoms with Crippen LogP contribution in [-0.2, 0) is 10.2 Å². The molecule has 83 valence electrons. The fraction of sp³-hybridized carbons (Fsp3) is 0.462. The van der Waals surface area contributed by atoms with Gasteiger partial charge >= 0.3 is 0 Å². The standard InChI is InChI=1S/C13H19O2/c1-5-14-10-15-12-8-6-11(7-9-12)13(2,3)4/h6-10H,5H2,1-4H3. The molecule has 1 rings (SSSR count). The van der Waals surface area contributed by atoms with Gasteiger partial charge in [-0.1, -0.05) is 32.9 Å². The lowest BCUT2D eigenvalue weighted by Gasteiger charge is -2.19. The molecule has 0 spiro atoms. The summed E-state index contributed by atoms with van der Waals surface area (Å²) in [7, 11) is 0. The summed E-state index contributed by atoms with van der Waals surface area (Å²) in [5.41, 5.74) is 1.48. The van der Waals surface area contributed by atoms with Crippen LogP contribution < -0.4 is 4.74 Å². The first kappa shape index (κ1) is 12.1. The molecule has 0 saturated carbocycles. The summed E-state index contributed by atoms with van der Waals surface area (Å²) in [6, 6.07) is 8.07. The zero-order chi connectivity index (χ0) is 11.3. The summed E-state index contributed by atoms with van der Waals surface area (Å²) in [6.45, 7) is 10.5. The van der Waals surface area contributed by atoms with E-state index in [0.717, 1.165) is 5.75 Å². The van der Waals surface area contributed by atoms with Gasteiger partial charge in [-0.15, -0.1) is 0 Å². The van der Waals surface area contributed by atoms with E-state index in [9.17, 15) is 0 Å². The van der Waals surface area contributed by atoms with Crippen molar-refractivity contribution in [3.05, 3.63) is 36.6 Å². The van der Waals surface area contributed by atoms with Crippen molar-refractivity contribution in [1.82, 2.24) is 0 Å². The van der Waals surface area contributed by atoms with Gasteiger partial charge < -0.3 is 9.47 Å². The number of benzene rings is 1. The van der Waals surface area contributed by atoms with Crippen LogP contribution in [0.2, 0.25) is 0 Å². The molecule has 1 radical (unpaired) electrons. The van der Waals surface area contributed by atoms with Crippen molar-refractivity contribution in [1.29, 1.82) is 0 Å². The van der Waals surface area contributed by atoms with E-state index in [0.29, 0.717) is 6.61 Å². The number of rotatable bonds is 4. The lowest BCUT2D eigenvalue weighted by molar-refractivity contribution is 0.101. The minimum Gasteiger partial charge on any atom is -0.458 e. The monoisotopic (exact) mass is 207 g/mol. The Labute approximate surface area is 92.2 Å². The van der Waals surface area contributed by atoms with E-state index in [2.05, 4.69) is 32.9 Å². The number of hydrogen-bond acceptors (Lipinski definition) is 2. The van der Waals surface area contributed by atoms with Crippen LogP contribution in [0, 0.1) is 6.79 Å². The topological polar surface area (TPSA) is 18.5 Å². The highest BCUT2D eigenvalue weighted by molar-refractivity contribution is 5.31. The van der Waals surface area contributed by atoms with Crippen molar-refractivity contribution < 1.29 is 9.47 Å². The van der Waals surface area contributed by atoms with Crippen molar-refractivity contribution in [2.45, 2.75) is 33.1 Å². The molecule has 0 atom stereocenters. The minimum absolute atomic E-state index is 0.183. The van der Waals surface area contributed by atoms with Gasteiger partial charge in [0.1, 0.15) is 5.75 Å². The summed E-state index contributed by atoms with van der Waals surface area (Å²) >= 11 is 0. The highest BCUT2D eigenvalue weighted by atomic mass is 16.7. The van der Waals surface area contributed by atoms with Crippen LogP contribution in [0.4, 0.5) is 0 Å². The Bertz CT molecular complexity index is 282. The van der Waals surface area contributed by atoms with Gasteiger partial charge in [-0.05, 0) is 30.0 Å². The Morgan fingerprint density at radius 3 is 2.20 bits per heavy atom. The molecule has 0 aliphatic heterocycles. The molecule has 0 saturated heterocycles. The van der Waals surface area contributed by atoms with Crippen molar-refractivity contribution in [2.75, 3.05) is 6.61 Å². The molecular weight excluding hydrogens is 188 g/mol. The first-order valence-electron chi connectivity index (χ1n) is 5.24. The van der Waals surface area contributed by atoms with Gasteiger partial charge in [0.05, 0.1) is 0 Å². The second-order valence-corrected chi connectivity index (χ2v) is 4.44. The Morgan fingerprint density at radius 2 is 1.73 bits per heavy atom. The molecule has 0 unspecified atom stereocenters. The molecule has 15 heavy (non-hydrogen) atoms. The molecule has 1 aromatic carbocycles. The molecule has 2 nitrogen and oxygen atoms in total. The second-order valence-electron chi connectivity index (χ2n) is 4.44. The number of ether oxygens (including phenoxy) is 2. The average molecular weight is 207 g/mol. The van der Waals surface area contributed by atoms with E-state index in [1.54, 1.807) is 0 Å². The van der Waals surface area contributed by atoms with E-state index in [1.807, 2.05) is 19.1 Å². The van der Waals surface area contributed by atoms with Crippen molar-refractivity contribution >= 4 is 0 Å². The predicted octanol–water partition coefficient (Wildman–Crippen LogP) is 3.52. The van der Waals surface area contributed by atoms with Gasteiger partial charge in [-0.25, -0.2) is 0 Å². The highest BCUT2D eigenvalue weighted by Gasteiger charge is 2.12. The Balaban J connectivity index is 2.57. The summed E-state index contributed by atoms with van der Waals surface area (Å²) in [5.74, 6) is 0.802. The van der Waals surface area contributed by atoms with Gasteiger partial charge in [-0.3, -0.25) is 0 Å². The second kappa shape index (κ2) is 5.17. The molecule has 0 aromatic heterocycles. The van der Waals surface area contributed by atoms with Crippen LogP contribution >= 0.6 is 0 Å². The normalized spacial score (nSPS) is 11.5. The molecule has 0 fully saturated rings. The molecule has 0 aliphatic carbocycles. The van der Waals surface area contributed by atoms with Crippen LogP contribution in [0.25, 0.3) is 0 Å². The van der Waals surface area contributed by atoms with Gasteiger partial charge in [0.2, 0.25) is 0 Å². The molecular formula is C13H19O2. The molecule has 2 heteroatoms. The van der Waals surface area contributed by atoms with E-state index in [4.69, 9.17) is 9.47 Å². The molecule has 1 aromatic rings. The summed E-state index contributed by atoms with van der Waals surface area (Å²) in [5, 5.41) is 0. The molecule has 0 N–H and O–H groups in total. The third kappa shape index (κ3) is 3.92. The Kier molecular flexibility index (Phi) is 4.15. The SMILES string of the molecule is CCO[CH]Oc1ccc(C(C)(C)C)cc1. The van der Waals surface area contributed by atoms with Gasteiger partial charge in [0.25, 0.3) is 6.79 Å². The van der Waals surface area contributed by atoms with Crippen LogP contribution in [-0.4, -0.2) is 6.61 Å². The Morgan fingerprint density at radius 1 is 1.13 bits per heavy atom. The van der Waals surface area contributed by atoms with Crippen molar-refractivity contribution in [3.8, 4) is 5.75 Å². The zero-order valence-electron chi connectivity index (χ0n) is 9.91.